The molecule has 0 aliphatic carbocycles. The molecule has 13 heavy (non-hydrogen) atoms. The molecule has 0 aromatic rings. The van der Waals surface area contributed by atoms with Crippen molar-refractivity contribution in [3.05, 3.63) is 0 Å². The highest BCUT2D eigenvalue weighted by molar-refractivity contribution is 4.66. The van der Waals surface area contributed by atoms with Gasteiger partial charge in [0.2, 0.25) is 0 Å². The van der Waals surface area contributed by atoms with Gasteiger partial charge in [-0.3, -0.25) is 0 Å². The highest BCUT2D eigenvalue weighted by Gasteiger charge is 2.21. The average molecular weight is 186 g/mol. The fourth-order valence-corrected chi connectivity index (χ4v) is 1.36. The first-order chi connectivity index (χ1) is 6.43. The van der Waals surface area contributed by atoms with Gasteiger partial charge in [0.15, 0.2) is 0 Å². The molecule has 0 aromatic carbocycles. The maximum atomic E-state index is 5.44. The topological polar surface area (TPSA) is 21.8 Å². The lowest BCUT2D eigenvalue weighted by atomic mass is 10.1. The molecule has 1 saturated heterocycles. The lowest BCUT2D eigenvalue weighted by Gasteiger charge is -2.01. The van der Waals surface area contributed by atoms with Crippen molar-refractivity contribution in [3.8, 4) is 0 Å². The molecule has 0 N–H and O–H groups in total. The zero-order valence-electron chi connectivity index (χ0n) is 8.76. The van der Waals surface area contributed by atoms with Crippen molar-refractivity contribution in [2.24, 2.45) is 0 Å². The van der Waals surface area contributed by atoms with Crippen LogP contribution in [0, 0.1) is 0 Å². The number of ether oxygens (including phenoxy) is 2. The molecule has 1 aliphatic heterocycles. The minimum Gasteiger partial charge on any atom is -0.379 e. The summed E-state index contributed by atoms with van der Waals surface area (Å²) in [4.78, 5) is 0. The van der Waals surface area contributed by atoms with E-state index in [9.17, 15) is 0 Å². The van der Waals surface area contributed by atoms with Crippen LogP contribution in [-0.2, 0) is 9.47 Å². The summed E-state index contributed by atoms with van der Waals surface area (Å²) in [6.07, 6.45) is 8.45. The molecule has 1 unspecified atom stereocenters. The Bertz CT molecular complexity index is 111. The molecule has 0 radical (unpaired) electrons. The lowest BCUT2D eigenvalue weighted by Crippen LogP contribution is -2.02. The molecule has 78 valence electrons. The van der Waals surface area contributed by atoms with E-state index in [1.54, 1.807) is 0 Å². The van der Waals surface area contributed by atoms with Crippen LogP contribution in [0.15, 0.2) is 0 Å². The molecule has 0 aromatic heterocycles. The van der Waals surface area contributed by atoms with Gasteiger partial charge in [-0.15, -0.1) is 0 Å². The van der Waals surface area contributed by atoms with E-state index >= 15 is 0 Å². The molecule has 1 fully saturated rings. The SMILES string of the molecule is CCCCCCCCOCC1CO1. The highest BCUT2D eigenvalue weighted by atomic mass is 16.6. The van der Waals surface area contributed by atoms with E-state index in [2.05, 4.69) is 6.92 Å². The molecular weight excluding hydrogens is 164 g/mol. The van der Waals surface area contributed by atoms with Crippen molar-refractivity contribution >= 4 is 0 Å². The normalized spacial score (nSPS) is 20.5. The van der Waals surface area contributed by atoms with Gasteiger partial charge in [-0.1, -0.05) is 39.0 Å². The molecule has 1 atom stereocenters. The Labute approximate surface area is 81.6 Å². The Morgan fingerprint density at radius 3 is 2.54 bits per heavy atom. The van der Waals surface area contributed by atoms with Crippen LogP contribution in [0.2, 0.25) is 0 Å². The number of epoxide rings is 1. The monoisotopic (exact) mass is 186 g/mol. The summed E-state index contributed by atoms with van der Waals surface area (Å²) in [7, 11) is 0. The van der Waals surface area contributed by atoms with E-state index in [4.69, 9.17) is 9.47 Å². The summed E-state index contributed by atoms with van der Waals surface area (Å²) in [6.45, 7) is 4.90. The van der Waals surface area contributed by atoms with Gasteiger partial charge in [0, 0.05) is 6.61 Å². The molecular formula is C11H22O2. The summed E-state index contributed by atoms with van der Waals surface area (Å²) in [5.41, 5.74) is 0. The second-order valence-corrected chi connectivity index (χ2v) is 3.80. The largest absolute Gasteiger partial charge is 0.379 e. The summed E-state index contributed by atoms with van der Waals surface area (Å²) >= 11 is 0. The third-order valence-electron chi connectivity index (χ3n) is 2.35. The predicted octanol–water partition coefficient (Wildman–Crippen LogP) is 2.76. The van der Waals surface area contributed by atoms with E-state index in [0.29, 0.717) is 6.10 Å². The molecule has 2 nitrogen and oxygen atoms in total. The predicted molar refractivity (Wildman–Crippen MR) is 53.9 cm³/mol. The summed E-state index contributed by atoms with van der Waals surface area (Å²) in [6, 6.07) is 0. The van der Waals surface area contributed by atoms with Crippen LogP contribution in [0.25, 0.3) is 0 Å². The average Bonchev–Trinajstić information content (AvgIpc) is 2.93. The van der Waals surface area contributed by atoms with Gasteiger partial charge in [-0.2, -0.15) is 0 Å². The minimum absolute atomic E-state index is 0.431. The second-order valence-electron chi connectivity index (χ2n) is 3.80. The summed E-state index contributed by atoms with van der Waals surface area (Å²) in [5.74, 6) is 0. The maximum Gasteiger partial charge on any atom is 0.104 e. The molecule has 1 heterocycles. The van der Waals surface area contributed by atoms with Gasteiger partial charge in [0.1, 0.15) is 6.10 Å². The van der Waals surface area contributed by atoms with Crippen LogP contribution in [0.1, 0.15) is 45.4 Å². The number of rotatable bonds is 9. The molecule has 0 amide bonds. The van der Waals surface area contributed by atoms with Crippen LogP contribution < -0.4 is 0 Å². The first-order valence-electron chi connectivity index (χ1n) is 5.63. The Balaban J connectivity index is 1.63. The molecule has 1 aliphatic rings. The minimum atomic E-state index is 0.431. The first-order valence-corrected chi connectivity index (χ1v) is 5.63. The third kappa shape index (κ3) is 7.03. The highest BCUT2D eigenvalue weighted by Crippen LogP contribution is 2.09. The smallest absolute Gasteiger partial charge is 0.104 e. The van der Waals surface area contributed by atoms with Crippen LogP contribution in [0.3, 0.4) is 0 Å². The van der Waals surface area contributed by atoms with Crippen molar-refractivity contribution in [1.82, 2.24) is 0 Å². The third-order valence-corrected chi connectivity index (χ3v) is 2.35. The first kappa shape index (κ1) is 11.0. The van der Waals surface area contributed by atoms with Crippen molar-refractivity contribution in [3.63, 3.8) is 0 Å². The zero-order chi connectivity index (χ0) is 9.36. The molecule has 0 saturated carbocycles. The van der Waals surface area contributed by atoms with Gasteiger partial charge in [0.25, 0.3) is 0 Å². The van der Waals surface area contributed by atoms with Gasteiger partial charge < -0.3 is 9.47 Å². The fourth-order valence-electron chi connectivity index (χ4n) is 1.36. The molecule has 0 bridgehead atoms. The van der Waals surface area contributed by atoms with E-state index in [1.807, 2.05) is 0 Å². The summed E-state index contributed by atoms with van der Waals surface area (Å²) < 4.78 is 10.5. The van der Waals surface area contributed by atoms with Crippen LogP contribution >= 0.6 is 0 Å². The van der Waals surface area contributed by atoms with Crippen molar-refractivity contribution in [2.45, 2.75) is 51.6 Å². The van der Waals surface area contributed by atoms with Crippen LogP contribution in [0.4, 0.5) is 0 Å². The van der Waals surface area contributed by atoms with Crippen molar-refractivity contribution in [2.75, 3.05) is 19.8 Å². The second kappa shape index (κ2) is 7.34. The quantitative estimate of drug-likeness (QED) is 0.408. The van der Waals surface area contributed by atoms with Gasteiger partial charge >= 0.3 is 0 Å². The standard InChI is InChI=1S/C11H22O2/c1-2-3-4-5-6-7-8-12-9-11-10-13-11/h11H,2-10H2,1H3. The van der Waals surface area contributed by atoms with E-state index in [-0.39, 0.29) is 0 Å². The van der Waals surface area contributed by atoms with Crippen LogP contribution in [0.5, 0.6) is 0 Å². The number of hydrogen-bond acceptors (Lipinski definition) is 2. The zero-order valence-corrected chi connectivity index (χ0v) is 8.76. The Morgan fingerprint density at radius 1 is 1.15 bits per heavy atom. The van der Waals surface area contributed by atoms with Crippen LogP contribution in [-0.4, -0.2) is 25.9 Å². The van der Waals surface area contributed by atoms with Crippen molar-refractivity contribution in [1.29, 1.82) is 0 Å². The van der Waals surface area contributed by atoms with Gasteiger partial charge in [0.05, 0.1) is 13.2 Å². The molecule has 2 heteroatoms. The Morgan fingerprint density at radius 2 is 1.85 bits per heavy atom. The summed E-state index contributed by atoms with van der Waals surface area (Å²) in [5, 5.41) is 0. The Kier molecular flexibility index (Phi) is 6.21. The lowest BCUT2D eigenvalue weighted by molar-refractivity contribution is 0.113. The van der Waals surface area contributed by atoms with Gasteiger partial charge in [-0.25, -0.2) is 0 Å². The number of hydrogen-bond donors (Lipinski definition) is 0. The van der Waals surface area contributed by atoms with Crippen molar-refractivity contribution < 1.29 is 9.47 Å². The maximum absolute atomic E-state index is 5.44. The van der Waals surface area contributed by atoms with E-state index < -0.39 is 0 Å². The fraction of sp³-hybridized carbons (Fsp3) is 1.00. The number of unbranched alkanes of at least 4 members (excludes halogenated alkanes) is 5. The van der Waals surface area contributed by atoms with Gasteiger partial charge in [-0.05, 0) is 6.42 Å². The molecule has 0 spiro atoms. The van der Waals surface area contributed by atoms with E-state index in [0.717, 1.165) is 19.8 Å². The molecule has 1 rings (SSSR count). The van der Waals surface area contributed by atoms with E-state index in [1.165, 1.54) is 38.5 Å². The Hall–Kier alpha value is -0.0800.